The lowest BCUT2D eigenvalue weighted by atomic mass is 10.1. The van der Waals surface area contributed by atoms with E-state index in [1.165, 1.54) is 47.9 Å². The van der Waals surface area contributed by atoms with Crippen molar-refractivity contribution < 1.29 is 31.6 Å². The van der Waals surface area contributed by atoms with Crippen LogP contribution in [0.4, 0.5) is 23.2 Å². The Labute approximate surface area is 200 Å². The summed E-state index contributed by atoms with van der Waals surface area (Å²) in [4.78, 5) is 32.0. The molecule has 0 unspecified atom stereocenters. The number of imidazole rings is 1. The number of hydrogen-bond acceptors (Lipinski definition) is 4. The van der Waals surface area contributed by atoms with Gasteiger partial charge in [0, 0.05) is 30.4 Å². The molecule has 1 aliphatic rings. The monoisotopic (exact) mass is 506 g/mol. The van der Waals surface area contributed by atoms with Gasteiger partial charge in [-0.1, -0.05) is 23.7 Å². The first-order chi connectivity index (χ1) is 16.6. The van der Waals surface area contributed by atoms with Crippen molar-refractivity contribution in [1.29, 1.82) is 0 Å². The van der Waals surface area contributed by atoms with Crippen molar-refractivity contribution in [2.75, 3.05) is 24.5 Å². The Morgan fingerprint density at radius 3 is 2.54 bits per heavy atom. The van der Waals surface area contributed by atoms with Crippen molar-refractivity contribution in [3.05, 3.63) is 77.3 Å². The lowest BCUT2D eigenvalue weighted by molar-refractivity contribution is -0.136. The molecule has 4 aromatic rings. The molecule has 1 aromatic carbocycles. The number of carbonyl (C=O) groups is 2. The van der Waals surface area contributed by atoms with Gasteiger partial charge in [-0.25, -0.2) is 9.37 Å². The molecule has 35 heavy (non-hydrogen) atoms. The predicted octanol–water partition coefficient (Wildman–Crippen LogP) is 4.89. The maximum atomic E-state index is 14.1. The van der Waals surface area contributed by atoms with E-state index in [2.05, 4.69) is 4.98 Å². The SMILES string of the molecule is O=C(c1nc2c(C(F)(F)F)cc(-c3ccoc3)cn2c1Cl)N1CCN(c2ccccc2F)C(=O)C1. The highest BCUT2D eigenvalue weighted by Crippen LogP contribution is 2.37. The molecule has 0 saturated carbocycles. The van der Waals surface area contributed by atoms with E-state index in [1.54, 1.807) is 6.07 Å². The maximum Gasteiger partial charge on any atom is 0.420 e. The van der Waals surface area contributed by atoms with Gasteiger partial charge >= 0.3 is 6.18 Å². The number of hydrogen-bond donors (Lipinski definition) is 0. The topological polar surface area (TPSA) is 71.1 Å². The first-order valence-corrected chi connectivity index (χ1v) is 10.7. The summed E-state index contributed by atoms with van der Waals surface area (Å²) >= 11 is 6.33. The zero-order chi connectivity index (χ0) is 24.9. The van der Waals surface area contributed by atoms with Crippen molar-refractivity contribution in [2.24, 2.45) is 0 Å². The summed E-state index contributed by atoms with van der Waals surface area (Å²) in [5.41, 5.74) is -1.44. The molecule has 180 valence electrons. The van der Waals surface area contributed by atoms with Crippen LogP contribution in [0.2, 0.25) is 5.15 Å². The van der Waals surface area contributed by atoms with Crippen LogP contribution < -0.4 is 4.90 Å². The summed E-state index contributed by atoms with van der Waals surface area (Å²) in [5, 5.41) is -0.329. The molecule has 1 aliphatic heterocycles. The van der Waals surface area contributed by atoms with Crippen LogP contribution in [0.1, 0.15) is 16.1 Å². The summed E-state index contributed by atoms with van der Waals surface area (Å²) < 4.78 is 61.5. The molecule has 4 heterocycles. The van der Waals surface area contributed by atoms with Crippen molar-refractivity contribution in [2.45, 2.75) is 6.18 Å². The summed E-state index contributed by atoms with van der Waals surface area (Å²) in [6, 6.07) is 8.11. The third-order valence-corrected chi connectivity index (χ3v) is 6.04. The highest BCUT2D eigenvalue weighted by Gasteiger charge is 2.37. The van der Waals surface area contributed by atoms with Crippen LogP contribution >= 0.6 is 11.6 Å². The van der Waals surface area contributed by atoms with Gasteiger partial charge in [0.25, 0.3) is 5.91 Å². The number of aromatic nitrogens is 2. The molecule has 0 radical (unpaired) electrons. The van der Waals surface area contributed by atoms with E-state index >= 15 is 0 Å². The minimum Gasteiger partial charge on any atom is -0.472 e. The van der Waals surface area contributed by atoms with E-state index in [0.717, 1.165) is 15.4 Å². The number of furan rings is 1. The van der Waals surface area contributed by atoms with Crippen LogP contribution in [0.5, 0.6) is 0 Å². The highest BCUT2D eigenvalue weighted by molar-refractivity contribution is 6.33. The molecule has 3 aromatic heterocycles. The smallest absolute Gasteiger partial charge is 0.420 e. The molecule has 7 nitrogen and oxygen atoms in total. The quantitative estimate of drug-likeness (QED) is 0.371. The second-order valence-corrected chi connectivity index (χ2v) is 8.18. The van der Waals surface area contributed by atoms with Crippen LogP contribution in [0, 0.1) is 5.82 Å². The fourth-order valence-corrected chi connectivity index (χ4v) is 4.22. The van der Waals surface area contributed by atoms with E-state index < -0.39 is 47.3 Å². The second kappa shape index (κ2) is 8.42. The predicted molar refractivity (Wildman–Crippen MR) is 118 cm³/mol. The average Bonchev–Trinajstić information content (AvgIpc) is 3.47. The fourth-order valence-electron chi connectivity index (χ4n) is 3.97. The lowest BCUT2D eigenvalue weighted by Crippen LogP contribution is -2.52. The van der Waals surface area contributed by atoms with E-state index in [9.17, 15) is 27.2 Å². The van der Waals surface area contributed by atoms with Crippen molar-refractivity contribution >= 4 is 34.7 Å². The molecular formula is C23H15ClF4N4O3. The number of alkyl halides is 3. The highest BCUT2D eigenvalue weighted by atomic mass is 35.5. The van der Waals surface area contributed by atoms with Crippen LogP contribution in [-0.2, 0) is 11.0 Å². The van der Waals surface area contributed by atoms with Crippen molar-refractivity contribution in [3.63, 3.8) is 0 Å². The fraction of sp³-hybridized carbons (Fsp3) is 0.174. The summed E-state index contributed by atoms with van der Waals surface area (Å²) in [7, 11) is 0. The maximum absolute atomic E-state index is 14.1. The normalized spacial score (nSPS) is 14.7. The van der Waals surface area contributed by atoms with Gasteiger partial charge in [-0.15, -0.1) is 0 Å². The number of carbonyl (C=O) groups excluding carboxylic acids is 2. The van der Waals surface area contributed by atoms with Crippen LogP contribution in [0.3, 0.4) is 0 Å². The number of rotatable bonds is 3. The zero-order valence-electron chi connectivity index (χ0n) is 17.7. The van der Waals surface area contributed by atoms with Gasteiger partial charge in [-0.2, -0.15) is 13.2 Å². The molecule has 0 aliphatic carbocycles. The average molecular weight is 507 g/mol. The minimum absolute atomic E-state index is 0.00502. The van der Waals surface area contributed by atoms with Crippen LogP contribution in [-0.4, -0.2) is 45.7 Å². The minimum atomic E-state index is -4.78. The molecule has 1 fully saturated rings. The van der Waals surface area contributed by atoms with E-state index in [4.69, 9.17) is 16.0 Å². The van der Waals surface area contributed by atoms with Crippen molar-refractivity contribution in [1.82, 2.24) is 14.3 Å². The first-order valence-electron chi connectivity index (χ1n) is 10.3. The molecule has 2 amide bonds. The standard InChI is InChI=1S/C23H15ClF4N4O3/c24-20-19(22(34)30-6-7-31(18(33)11-30)17-4-2-1-3-16(17)25)29-21-15(23(26,27)28)9-14(10-32(20)21)13-5-8-35-12-13/h1-5,8-10,12H,6-7,11H2. The van der Waals surface area contributed by atoms with Gasteiger partial charge in [0.2, 0.25) is 5.91 Å². The molecular weight excluding hydrogens is 492 g/mol. The van der Waals surface area contributed by atoms with Crippen LogP contribution in [0.15, 0.2) is 59.5 Å². The number of amides is 2. The van der Waals surface area contributed by atoms with Gasteiger partial charge in [-0.3, -0.25) is 14.0 Å². The lowest BCUT2D eigenvalue weighted by Gasteiger charge is -2.34. The summed E-state index contributed by atoms with van der Waals surface area (Å²) in [6.45, 7) is -0.409. The third kappa shape index (κ3) is 4.01. The number of para-hydroxylation sites is 1. The summed E-state index contributed by atoms with van der Waals surface area (Å²) in [5.74, 6) is -1.94. The van der Waals surface area contributed by atoms with Crippen LogP contribution in [0.25, 0.3) is 16.8 Å². The largest absolute Gasteiger partial charge is 0.472 e. The Balaban J connectivity index is 1.49. The molecule has 12 heteroatoms. The Morgan fingerprint density at radius 2 is 1.89 bits per heavy atom. The van der Waals surface area contributed by atoms with E-state index in [1.807, 2.05) is 0 Å². The Bertz CT molecular complexity index is 1450. The first kappa shape index (κ1) is 22.9. The van der Waals surface area contributed by atoms with Gasteiger partial charge in [-0.05, 0) is 24.3 Å². The van der Waals surface area contributed by atoms with E-state index in [-0.39, 0.29) is 29.5 Å². The second-order valence-electron chi connectivity index (χ2n) is 7.82. The number of fused-ring (bicyclic) bond motifs is 1. The number of benzene rings is 1. The number of piperazine rings is 1. The van der Waals surface area contributed by atoms with Crippen molar-refractivity contribution in [3.8, 4) is 11.1 Å². The molecule has 0 atom stereocenters. The number of halogens is 5. The van der Waals surface area contributed by atoms with Gasteiger partial charge in [0.05, 0.1) is 23.8 Å². The molecule has 0 N–H and O–H groups in total. The van der Waals surface area contributed by atoms with Gasteiger partial charge in [0.15, 0.2) is 11.3 Å². The van der Waals surface area contributed by atoms with Gasteiger partial charge < -0.3 is 14.2 Å². The molecule has 5 rings (SSSR count). The Hall–Kier alpha value is -3.86. The molecule has 0 spiro atoms. The molecule has 1 saturated heterocycles. The zero-order valence-corrected chi connectivity index (χ0v) is 18.5. The number of anilines is 1. The summed E-state index contributed by atoms with van der Waals surface area (Å²) in [6.07, 6.45) is -0.867. The number of pyridine rings is 1. The van der Waals surface area contributed by atoms with Gasteiger partial charge in [0.1, 0.15) is 17.5 Å². The number of nitrogens with zero attached hydrogens (tertiary/aromatic N) is 4. The Kier molecular flexibility index (Phi) is 5.51. The Morgan fingerprint density at radius 1 is 1.11 bits per heavy atom. The molecule has 0 bridgehead atoms. The third-order valence-electron chi connectivity index (χ3n) is 5.68. The van der Waals surface area contributed by atoms with E-state index in [0.29, 0.717) is 5.56 Å².